The van der Waals surface area contributed by atoms with Crippen LogP contribution in [0.5, 0.6) is 5.88 Å². The third-order valence-electron chi connectivity index (χ3n) is 3.90. The van der Waals surface area contributed by atoms with Crippen LogP contribution in [0.25, 0.3) is 0 Å². The van der Waals surface area contributed by atoms with Crippen LogP contribution in [0, 0.1) is 5.92 Å². The zero-order valence-electron chi connectivity index (χ0n) is 13.2. The Balaban J connectivity index is 1.60. The predicted octanol–water partition coefficient (Wildman–Crippen LogP) is 2.55. The SMILES string of the molecule is CC(C)COc1cncc(N2CCC(n3ccnc3)CC2)n1. The summed E-state index contributed by atoms with van der Waals surface area (Å²) < 4.78 is 7.87. The summed E-state index contributed by atoms with van der Waals surface area (Å²) in [6.45, 7) is 6.87. The lowest BCUT2D eigenvalue weighted by atomic mass is 10.1. The van der Waals surface area contributed by atoms with E-state index in [0.717, 1.165) is 31.7 Å². The molecule has 3 rings (SSSR count). The number of hydrogen-bond acceptors (Lipinski definition) is 5. The van der Waals surface area contributed by atoms with E-state index in [-0.39, 0.29) is 0 Å². The largest absolute Gasteiger partial charge is 0.476 e. The Bertz CT molecular complexity index is 576. The summed E-state index contributed by atoms with van der Waals surface area (Å²) in [5, 5.41) is 0. The number of rotatable bonds is 5. The molecule has 1 aliphatic rings. The zero-order valence-corrected chi connectivity index (χ0v) is 13.2. The van der Waals surface area contributed by atoms with Crippen LogP contribution in [0.4, 0.5) is 5.82 Å². The van der Waals surface area contributed by atoms with E-state index >= 15 is 0 Å². The Morgan fingerprint density at radius 1 is 1.23 bits per heavy atom. The van der Waals surface area contributed by atoms with Gasteiger partial charge in [0.25, 0.3) is 0 Å². The summed E-state index contributed by atoms with van der Waals surface area (Å²) in [6.07, 6.45) is 11.5. The van der Waals surface area contributed by atoms with Crippen molar-refractivity contribution in [2.75, 3.05) is 24.6 Å². The minimum absolute atomic E-state index is 0.483. The lowest BCUT2D eigenvalue weighted by Crippen LogP contribution is -2.35. The Morgan fingerprint density at radius 2 is 2.05 bits per heavy atom. The Hall–Kier alpha value is -2.11. The average Bonchev–Trinajstić information content (AvgIpc) is 3.08. The van der Waals surface area contributed by atoms with Gasteiger partial charge in [0.05, 0.1) is 25.3 Å². The van der Waals surface area contributed by atoms with Gasteiger partial charge in [-0.25, -0.2) is 4.98 Å². The molecule has 0 N–H and O–H groups in total. The zero-order chi connectivity index (χ0) is 15.4. The van der Waals surface area contributed by atoms with Gasteiger partial charge in [-0.05, 0) is 18.8 Å². The summed E-state index contributed by atoms with van der Waals surface area (Å²) in [7, 11) is 0. The third kappa shape index (κ3) is 3.55. The first kappa shape index (κ1) is 14.8. The fourth-order valence-corrected chi connectivity index (χ4v) is 2.69. The van der Waals surface area contributed by atoms with Crippen molar-refractivity contribution < 1.29 is 4.74 Å². The summed E-state index contributed by atoms with van der Waals surface area (Å²) in [5.74, 6) is 2.00. The number of hydrogen-bond donors (Lipinski definition) is 0. The topological polar surface area (TPSA) is 56.1 Å². The first-order chi connectivity index (χ1) is 10.7. The van der Waals surface area contributed by atoms with Crippen molar-refractivity contribution in [3.8, 4) is 5.88 Å². The molecule has 0 atom stereocenters. The number of anilines is 1. The number of aromatic nitrogens is 4. The van der Waals surface area contributed by atoms with Gasteiger partial charge in [0.2, 0.25) is 5.88 Å². The highest BCUT2D eigenvalue weighted by Crippen LogP contribution is 2.25. The minimum atomic E-state index is 0.483. The Morgan fingerprint density at radius 3 is 2.73 bits per heavy atom. The van der Waals surface area contributed by atoms with Crippen LogP contribution in [0.2, 0.25) is 0 Å². The molecule has 1 saturated heterocycles. The van der Waals surface area contributed by atoms with E-state index in [1.807, 2.05) is 24.9 Å². The molecule has 2 aromatic rings. The molecule has 0 radical (unpaired) electrons. The average molecular weight is 301 g/mol. The molecule has 0 amide bonds. The normalized spacial score (nSPS) is 16.2. The molecule has 0 unspecified atom stereocenters. The monoisotopic (exact) mass is 301 g/mol. The smallest absolute Gasteiger partial charge is 0.234 e. The van der Waals surface area contributed by atoms with Crippen LogP contribution in [0.15, 0.2) is 31.1 Å². The Kier molecular flexibility index (Phi) is 4.56. The van der Waals surface area contributed by atoms with Crippen LogP contribution in [-0.2, 0) is 0 Å². The molecule has 1 fully saturated rings. The molecule has 22 heavy (non-hydrogen) atoms. The Labute approximate surface area is 131 Å². The van der Waals surface area contributed by atoms with Crippen molar-refractivity contribution in [2.24, 2.45) is 5.92 Å². The van der Waals surface area contributed by atoms with E-state index in [4.69, 9.17) is 4.74 Å². The summed E-state index contributed by atoms with van der Waals surface area (Å²) in [6, 6.07) is 0.534. The van der Waals surface area contributed by atoms with Crippen molar-refractivity contribution in [1.82, 2.24) is 19.5 Å². The maximum Gasteiger partial charge on any atom is 0.234 e. The van der Waals surface area contributed by atoms with Gasteiger partial charge in [0.15, 0.2) is 5.82 Å². The van der Waals surface area contributed by atoms with Gasteiger partial charge in [-0.3, -0.25) is 4.98 Å². The first-order valence-electron chi connectivity index (χ1n) is 7.89. The molecule has 0 saturated carbocycles. The van der Waals surface area contributed by atoms with E-state index in [1.54, 1.807) is 6.20 Å². The van der Waals surface area contributed by atoms with Gasteiger partial charge in [-0.2, -0.15) is 4.98 Å². The number of ether oxygens (including phenoxy) is 1. The van der Waals surface area contributed by atoms with Gasteiger partial charge in [-0.1, -0.05) is 13.8 Å². The second-order valence-corrected chi connectivity index (χ2v) is 6.15. The van der Waals surface area contributed by atoms with Gasteiger partial charge >= 0.3 is 0 Å². The first-order valence-corrected chi connectivity index (χ1v) is 7.89. The van der Waals surface area contributed by atoms with E-state index in [9.17, 15) is 0 Å². The third-order valence-corrected chi connectivity index (χ3v) is 3.90. The second-order valence-electron chi connectivity index (χ2n) is 6.15. The summed E-state index contributed by atoms with van der Waals surface area (Å²) in [5.41, 5.74) is 0. The minimum Gasteiger partial charge on any atom is -0.476 e. The maximum absolute atomic E-state index is 5.67. The highest BCUT2D eigenvalue weighted by molar-refractivity contribution is 5.38. The van der Waals surface area contributed by atoms with Gasteiger partial charge < -0.3 is 14.2 Å². The lowest BCUT2D eigenvalue weighted by Gasteiger charge is -2.33. The highest BCUT2D eigenvalue weighted by Gasteiger charge is 2.21. The molecule has 0 spiro atoms. The van der Waals surface area contributed by atoms with Crippen LogP contribution in [0.3, 0.4) is 0 Å². The van der Waals surface area contributed by atoms with Crippen molar-refractivity contribution in [3.63, 3.8) is 0 Å². The van der Waals surface area contributed by atoms with E-state index < -0.39 is 0 Å². The molecule has 0 aliphatic carbocycles. The van der Waals surface area contributed by atoms with E-state index in [1.165, 1.54) is 0 Å². The van der Waals surface area contributed by atoms with Crippen LogP contribution in [0.1, 0.15) is 32.7 Å². The number of imidazole rings is 1. The molecule has 6 heteroatoms. The molecule has 0 bridgehead atoms. The van der Waals surface area contributed by atoms with E-state index in [2.05, 4.69) is 38.3 Å². The summed E-state index contributed by atoms with van der Waals surface area (Å²) in [4.78, 5) is 15.3. The van der Waals surface area contributed by atoms with Crippen molar-refractivity contribution in [1.29, 1.82) is 0 Å². The maximum atomic E-state index is 5.67. The van der Waals surface area contributed by atoms with Crippen molar-refractivity contribution >= 4 is 5.82 Å². The molecule has 2 aromatic heterocycles. The molecule has 6 nitrogen and oxygen atoms in total. The molecular weight excluding hydrogens is 278 g/mol. The second kappa shape index (κ2) is 6.77. The molecule has 0 aromatic carbocycles. The molecule has 3 heterocycles. The van der Waals surface area contributed by atoms with Gasteiger partial charge in [0, 0.05) is 31.5 Å². The number of piperidine rings is 1. The predicted molar refractivity (Wildman–Crippen MR) is 85.1 cm³/mol. The fraction of sp³-hybridized carbons (Fsp3) is 0.562. The standard InChI is InChI=1S/C16H23N5O/c1-13(2)11-22-16-10-18-9-15(19-16)20-6-3-14(4-7-20)21-8-5-17-12-21/h5,8-10,12-14H,3-4,6-7,11H2,1-2H3. The molecule has 118 valence electrons. The molecule has 1 aliphatic heterocycles. The number of nitrogens with zero attached hydrogens (tertiary/aromatic N) is 5. The van der Waals surface area contributed by atoms with Crippen molar-refractivity contribution in [3.05, 3.63) is 31.1 Å². The lowest BCUT2D eigenvalue weighted by molar-refractivity contribution is 0.260. The van der Waals surface area contributed by atoms with Gasteiger partial charge in [0.1, 0.15) is 0 Å². The van der Waals surface area contributed by atoms with Crippen LogP contribution in [-0.4, -0.2) is 39.2 Å². The summed E-state index contributed by atoms with van der Waals surface area (Å²) >= 11 is 0. The van der Waals surface area contributed by atoms with Crippen molar-refractivity contribution in [2.45, 2.75) is 32.7 Å². The quantitative estimate of drug-likeness (QED) is 0.849. The van der Waals surface area contributed by atoms with Gasteiger partial charge in [-0.15, -0.1) is 0 Å². The van der Waals surface area contributed by atoms with Crippen LogP contribution >= 0.6 is 0 Å². The van der Waals surface area contributed by atoms with Crippen LogP contribution < -0.4 is 9.64 Å². The fourth-order valence-electron chi connectivity index (χ4n) is 2.69. The molecular formula is C16H23N5O. The highest BCUT2D eigenvalue weighted by atomic mass is 16.5. The van der Waals surface area contributed by atoms with E-state index in [0.29, 0.717) is 24.4 Å².